The number of benzene rings is 1. The molecule has 1 fully saturated rings. The van der Waals surface area contributed by atoms with E-state index in [1.807, 2.05) is 16.3 Å². The van der Waals surface area contributed by atoms with Gasteiger partial charge in [0.05, 0.1) is 47.6 Å². The molecule has 0 unspecified atom stereocenters. The zero-order valence-corrected chi connectivity index (χ0v) is 22.2. The molecule has 5 aromatic heterocycles. The van der Waals surface area contributed by atoms with E-state index in [1.54, 1.807) is 58.3 Å². The lowest BCUT2D eigenvalue weighted by Gasteiger charge is -2.09. The van der Waals surface area contributed by atoms with Gasteiger partial charge in [0.2, 0.25) is 10.0 Å². The van der Waals surface area contributed by atoms with Gasteiger partial charge in [0.25, 0.3) is 0 Å². The number of nitrogens with zero attached hydrogens (tertiary/aromatic N) is 8. The van der Waals surface area contributed by atoms with E-state index in [0.29, 0.717) is 39.7 Å². The van der Waals surface area contributed by atoms with Gasteiger partial charge in [-0.2, -0.15) is 5.10 Å². The van der Waals surface area contributed by atoms with Crippen LogP contribution in [0.25, 0.3) is 39.0 Å². The Labute approximate surface area is 221 Å². The van der Waals surface area contributed by atoms with Crippen LogP contribution in [0.2, 0.25) is 5.02 Å². The fraction of sp³-hybridized carbons (Fsp3) is 0.280. The van der Waals surface area contributed by atoms with Gasteiger partial charge in [-0.25, -0.2) is 27.2 Å². The van der Waals surface area contributed by atoms with Crippen molar-refractivity contribution >= 4 is 49.2 Å². The third-order valence-corrected chi connectivity index (χ3v) is 8.43. The largest absolute Gasteiger partial charge is 0.335 e. The zero-order chi connectivity index (χ0) is 26.3. The van der Waals surface area contributed by atoms with Gasteiger partial charge in [-0.3, -0.25) is 13.6 Å². The Morgan fingerprint density at radius 3 is 2.71 bits per heavy atom. The Kier molecular flexibility index (Phi) is 4.92. The third-order valence-electron chi connectivity index (χ3n) is 7.18. The molecule has 194 valence electrons. The zero-order valence-electron chi connectivity index (χ0n) is 20.6. The normalized spacial score (nSPS) is 14.4. The molecule has 0 radical (unpaired) electrons. The molecule has 13 heteroatoms. The first-order chi connectivity index (χ1) is 18.2. The summed E-state index contributed by atoms with van der Waals surface area (Å²) in [5.41, 5.74) is 3.66. The molecule has 38 heavy (non-hydrogen) atoms. The van der Waals surface area contributed by atoms with Crippen LogP contribution in [0.3, 0.4) is 0 Å². The predicted octanol–water partition coefficient (Wildman–Crippen LogP) is 3.12. The molecule has 0 aliphatic heterocycles. The van der Waals surface area contributed by atoms with Crippen molar-refractivity contribution in [1.82, 2.24) is 37.3 Å². The highest BCUT2D eigenvalue weighted by Gasteiger charge is 2.28. The summed E-state index contributed by atoms with van der Waals surface area (Å²) in [5.74, 6) is 0.442. The van der Waals surface area contributed by atoms with Crippen molar-refractivity contribution in [2.24, 2.45) is 13.0 Å². The molecule has 0 spiro atoms. The molecular weight excluding hydrogens is 528 g/mol. The summed E-state index contributed by atoms with van der Waals surface area (Å²) in [6, 6.07) is 5.13. The molecule has 6 aromatic rings. The highest BCUT2D eigenvalue weighted by atomic mass is 35.5. The van der Waals surface area contributed by atoms with Gasteiger partial charge in [0, 0.05) is 48.2 Å². The van der Waals surface area contributed by atoms with Gasteiger partial charge in [-0.15, -0.1) is 0 Å². The number of imidazole rings is 2. The van der Waals surface area contributed by atoms with E-state index in [1.165, 1.54) is 10.2 Å². The van der Waals surface area contributed by atoms with Crippen molar-refractivity contribution in [2.45, 2.75) is 25.9 Å². The number of aryl methyl sites for hydroxylation is 1. The minimum absolute atomic E-state index is 0.182. The average molecular weight is 551 g/mol. The predicted molar refractivity (Wildman–Crippen MR) is 144 cm³/mol. The highest BCUT2D eigenvalue weighted by Crippen LogP contribution is 2.35. The second-order valence-electron chi connectivity index (χ2n) is 9.93. The number of rotatable bonds is 6. The molecule has 1 saturated carbocycles. The summed E-state index contributed by atoms with van der Waals surface area (Å²) < 4.78 is 33.4. The van der Waals surface area contributed by atoms with E-state index in [9.17, 15) is 13.2 Å². The molecule has 0 atom stereocenters. The fourth-order valence-electron chi connectivity index (χ4n) is 5.19. The smallest absolute Gasteiger partial charge is 0.332 e. The summed E-state index contributed by atoms with van der Waals surface area (Å²) >= 11 is 6.32. The molecule has 0 amide bonds. The van der Waals surface area contributed by atoms with E-state index in [4.69, 9.17) is 16.7 Å². The van der Waals surface area contributed by atoms with Gasteiger partial charge in [0.15, 0.2) is 11.3 Å². The molecule has 11 nitrogen and oxygen atoms in total. The second kappa shape index (κ2) is 8.05. The minimum atomic E-state index is -3.57. The number of hydrogen-bond donors (Lipinski definition) is 0. The molecule has 0 bridgehead atoms. The monoisotopic (exact) mass is 550 g/mol. The standard InChI is InChI=1S/C25H23ClN8O3S/c1-30-14-27-10-20(30)22-21-23-28-7-8-31(23)25(35)32(11-15-3-4-15)24(21)29-33(22)12-16-13-34(38(2,36)37)19-6-5-17(26)9-18(16)19/h5-10,13-15H,3-4,11-12H2,1-2H3. The maximum absolute atomic E-state index is 13.5. The first-order valence-electron chi connectivity index (χ1n) is 12.1. The van der Waals surface area contributed by atoms with Crippen molar-refractivity contribution in [3.63, 3.8) is 0 Å². The van der Waals surface area contributed by atoms with Crippen LogP contribution < -0.4 is 5.69 Å². The first-order valence-corrected chi connectivity index (χ1v) is 14.4. The SMILES string of the molecule is Cn1cncc1-c1c2c(nn1Cc1cn(S(C)(=O)=O)c3ccc(Cl)cc13)n(CC1CC1)c(=O)n1ccnc21. The topological polar surface area (TPSA) is 114 Å². The van der Waals surface area contributed by atoms with Crippen molar-refractivity contribution in [3.8, 4) is 11.4 Å². The molecule has 0 saturated heterocycles. The van der Waals surface area contributed by atoms with E-state index in [-0.39, 0.29) is 12.2 Å². The second-order valence-corrected chi connectivity index (χ2v) is 12.2. The number of halogens is 1. The molecule has 1 aliphatic rings. The van der Waals surface area contributed by atoms with Crippen LogP contribution in [0.15, 0.2) is 54.1 Å². The molecule has 1 aromatic carbocycles. The van der Waals surface area contributed by atoms with Crippen molar-refractivity contribution in [2.75, 3.05) is 6.26 Å². The quantitative estimate of drug-likeness (QED) is 0.315. The number of fused-ring (bicyclic) bond motifs is 4. The van der Waals surface area contributed by atoms with Crippen LogP contribution >= 0.6 is 11.6 Å². The van der Waals surface area contributed by atoms with Crippen molar-refractivity contribution in [1.29, 1.82) is 0 Å². The molecule has 7 rings (SSSR count). The number of hydrogen-bond acceptors (Lipinski definition) is 6. The van der Waals surface area contributed by atoms with Crippen molar-refractivity contribution < 1.29 is 8.42 Å². The van der Waals surface area contributed by atoms with Crippen LogP contribution in [0.1, 0.15) is 18.4 Å². The van der Waals surface area contributed by atoms with Crippen molar-refractivity contribution in [3.05, 3.63) is 70.4 Å². The van der Waals surface area contributed by atoms with E-state index in [0.717, 1.165) is 35.2 Å². The highest BCUT2D eigenvalue weighted by molar-refractivity contribution is 7.89. The van der Waals surface area contributed by atoms with E-state index in [2.05, 4.69) is 9.97 Å². The number of aromatic nitrogens is 8. The lowest BCUT2D eigenvalue weighted by molar-refractivity contribution is 0.593. The van der Waals surface area contributed by atoms with E-state index < -0.39 is 10.0 Å². The maximum atomic E-state index is 13.5. The van der Waals surface area contributed by atoms with Crippen LogP contribution in [-0.2, 0) is 30.2 Å². The van der Waals surface area contributed by atoms with Gasteiger partial charge >= 0.3 is 5.69 Å². The van der Waals surface area contributed by atoms with Gasteiger partial charge < -0.3 is 4.57 Å². The third kappa shape index (κ3) is 3.51. The van der Waals surface area contributed by atoms with Crippen LogP contribution in [0.4, 0.5) is 0 Å². The van der Waals surface area contributed by atoms with Gasteiger partial charge in [-0.05, 0) is 37.0 Å². The molecule has 0 N–H and O–H groups in total. The summed E-state index contributed by atoms with van der Waals surface area (Å²) in [4.78, 5) is 22.3. The Bertz CT molecular complexity index is 2070. The molecular formula is C25H23ClN8O3S. The fourth-order valence-corrected chi connectivity index (χ4v) is 6.20. The van der Waals surface area contributed by atoms with Gasteiger partial charge in [0.1, 0.15) is 0 Å². The van der Waals surface area contributed by atoms with E-state index >= 15 is 0 Å². The summed E-state index contributed by atoms with van der Waals surface area (Å²) in [6.07, 6.45) is 11.7. The maximum Gasteiger partial charge on any atom is 0.335 e. The van der Waals surface area contributed by atoms with Crippen LogP contribution in [0.5, 0.6) is 0 Å². The van der Waals surface area contributed by atoms with Gasteiger partial charge in [-0.1, -0.05) is 11.6 Å². The summed E-state index contributed by atoms with van der Waals surface area (Å²) in [6.45, 7) is 0.813. The average Bonchev–Trinajstić information content (AvgIpc) is 3.19. The van der Waals surface area contributed by atoms with Crippen LogP contribution in [-0.4, -0.2) is 51.9 Å². The van der Waals surface area contributed by atoms with Crippen LogP contribution in [0, 0.1) is 5.92 Å². The lowest BCUT2D eigenvalue weighted by atomic mass is 10.1. The first kappa shape index (κ1) is 23.2. The summed E-state index contributed by atoms with van der Waals surface area (Å²) in [7, 11) is -1.67. The molecule has 1 aliphatic carbocycles. The Hall–Kier alpha value is -3.90. The summed E-state index contributed by atoms with van der Waals surface area (Å²) in [5, 5.41) is 6.92. The minimum Gasteiger partial charge on any atom is -0.332 e. The lowest BCUT2D eigenvalue weighted by Crippen LogP contribution is -2.27. The Morgan fingerprint density at radius 2 is 2.00 bits per heavy atom. The molecule has 5 heterocycles. The Morgan fingerprint density at radius 1 is 1.18 bits per heavy atom. The Balaban J connectivity index is 1.55.